The lowest BCUT2D eigenvalue weighted by Crippen LogP contribution is -2.35. The molecule has 1 amide bonds. The summed E-state index contributed by atoms with van der Waals surface area (Å²) in [5.74, 6) is -0.275. The Morgan fingerprint density at radius 1 is 1.15 bits per heavy atom. The third-order valence-corrected chi connectivity index (χ3v) is 6.48. The molecule has 1 aliphatic heterocycles. The summed E-state index contributed by atoms with van der Waals surface area (Å²) in [4.78, 5) is 28.5. The van der Waals surface area contributed by atoms with E-state index in [1.165, 1.54) is 6.20 Å². The lowest BCUT2D eigenvalue weighted by molar-refractivity contribution is 0.0342. The Bertz CT molecular complexity index is 1190. The first-order valence-electron chi connectivity index (χ1n) is 10.7. The Morgan fingerprint density at radius 2 is 1.85 bits per heavy atom. The largest absolute Gasteiger partial charge is 0.615 e. The van der Waals surface area contributed by atoms with Gasteiger partial charge in [-0.1, -0.05) is 29.8 Å². The maximum absolute atomic E-state index is 13.3. The number of pyridine rings is 1. The normalized spacial score (nSPS) is 15.5. The molecule has 1 unspecified atom stereocenters. The molecule has 1 aliphatic rings. The number of hydrogen-bond donors (Lipinski definition) is 1. The molecule has 174 valence electrons. The van der Waals surface area contributed by atoms with E-state index in [9.17, 15) is 14.1 Å². The summed E-state index contributed by atoms with van der Waals surface area (Å²) in [7, 11) is 0. The van der Waals surface area contributed by atoms with E-state index in [1.807, 2.05) is 30.3 Å². The van der Waals surface area contributed by atoms with Crippen molar-refractivity contribution in [3.05, 3.63) is 80.6 Å². The highest BCUT2D eigenvalue weighted by molar-refractivity contribution is 7.89. The van der Waals surface area contributed by atoms with Gasteiger partial charge >= 0.3 is 0 Å². The Labute approximate surface area is 200 Å². The van der Waals surface area contributed by atoms with Gasteiger partial charge in [-0.25, -0.2) is 0 Å². The second kappa shape index (κ2) is 10.7. The van der Waals surface area contributed by atoms with Crippen LogP contribution in [0, 0.1) is 0 Å². The Balaban J connectivity index is 1.65. The van der Waals surface area contributed by atoms with Gasteiger partial charge in [0.1, 0.15) is 5.56 Å². The second-order valence-electron chi connectivity index (χ2n) is 8.09. The minimum atomic E-state index is -1.15. The molecule has 4 rings (SSSR count). The number of aromatic nitrogens is 1. The van der Waals surface area contributed by atoms with Crippen molar-refractivity contribution >= 4 is 39.6 Å². The highest BCUT2D eigenvalue weighted by Crippen LogP contribution is 2.18. The molecule has 9 heteroatoms. The number of nitrogens with zero attached hydrogens (tertiary/aromatic N) is 2. The number of halogens is 1. The number of ether oxygens (including phenoxy) is 1. The SMILES string of the molecule is C[S+]([O-])Cn1cc(C(=O)NCc2ccc(Cl)cc2)c(=O)c2cc(CN3CCOCC3)ccc21. The number of fused-ring (bicyclic) bond motifs is 1. The van der Waals surface area contributed by atoms with Gasteiger partial charge < -0.3 is 19.2 Å². The maximum atomic E-state index is 13.3. The summed E-state index contributed by atoms with van der Waals surface area (Å²) in [5.41, 5.74) is 2.22. The fourth-order valence-electron chi connectivity index (χ4n) is 3.90. The van der Waals surface area contributed by atoms with Crippen LogP contribution in [-0.4, -0.2) is 52.5 Å². The van der Waals surface area contributed by atoms with Crippen LogP contribution in [0.5, 0.6) is 0 Å². The van der Waals surface area contributed by atoms with E-state index in [0.717, 1.165) is 24.2 Å². The van der Waals surface area contributed by atoms with Crippen molar-refractivity contribution in [2.45, 2.75) is 19.0 Å². The third-order valence-electron chi connectivity index (χ3n) is 5.59. The first kappa shape index (κ1) is 23.8. The van der Waals surface area contributed by atoms with Crippen LogP contribution in [-0.2, 0) is 34.9 Å². The molecule has 1 N–H and O–H groups in total. The molecule has 1 fully saturated rings. The van der Waals surface area contributed by atoms with Gasteiger partial charge in [-0.15, -0.1) is 0 Å². The zero-order chi connectivity index (χ0) is 23.4. The van der Waals surface area contributed by atoms with Crippen molar-refractivity contribution in [2.24, 2.45) is 0 Å². The van der Waals surface area contributed by atoms with Crippen LogP contribution < -0.4 is 10.7 Å². The van der Waals surface area contributed by atoms with Gasteiger partial charge in [-0.05, 0) is 46.6 Å². The minimum absolute atomic E-state index is 0.0328. The van der Waals surface area contributed by atoms with Crippen molar-refractivity contribution in [2.75, 3.05) is 32.6 Å². The lowest BCUT2D eigenvalue weighted by atomic mass is 10.1. The summed E-state index contributed by atoms with van der Waals surface area (Å²) in [6.45, 7) is 4.03. The van der Waals surface area contributed by atoms with Gasteiger partial charge in [-0.2, -0.15) is 0 Å². The monoisotopic (exact) mass is 487 g/mol. The Morgan fingerprint density at radius 3 is 2.55 bits per heavy atom. The number of hydrogen-bond acceptors (Lipinski definition) is 5. The van der Waals surface area contributed by atoms with E-state index in [-0.39, 0.29) is 23.4 Å². The van der Waals surface area contributed by atoms with Gasteiger partial charge in [0, 0.05) is 42.8 Å². The minimum Gasteiger partial charge on any atom is -0.615 e. The first-order chi connectivity index (χ1) is 15.9. The number of morpholine rings is 1. The Hall–Kier alpha value is -2.36. The number of carbonyl (C=O) groups excluding carboxylic acids is 1. The Kier molecular flexibility index (Phi) is 7.72. The zero-order valence-corrected chi connectivity index (χ0v) is 20.0. The fraction of sp³-hybridized carbons (Fsp3) is 0.333. The maximum Gasteiger partial charge on any atom is 0.257 e. The van der Waals surface area contributed by atoms with E-state index < -0.39 is 17.1 Å². The summed E-state index contributed by atoms with van der Waals surface area (Å²) >= 11 is 4.76. The molecule has 7 nitrogen and oxygen atoms in total. The molecular weight excluding hydrogens is 462 g/mol. The molecule has 1 atom stereocenters. The van der Waals surface area contributed by atoms with Crippen molar-refractivity contribution in [3.8, 4) is 0 Å². The predicted molar refractivity (Wildman–Crippen MR) is 131 cm³/mol. The standard InChI is InChI=1S/C24H26ClN3O4S/c1-33(31)16-28-15-21(24(30)26-13-17-2-5-19(25)6-3-17)23(29)20-12-18(4-7-22(20)28)14-27-8-10-32-11-9-27/h2-7,12,15H,8-11,13-14,16H2,1H3,(H,26,30). The quantitative estimate of drug-likeness (QED) is 0.518. The van der Waals surface area contributed by atoms with Gasteiger partial charge in [0.15, 0.2) is 5.88 Å². The lowest BCUT2D eigenvalue weighted by Gasteiger charge is -2.26. The average molecular weight is 488 g/mol. The third kappa shape index (κ3) is 5.96. The van der Waals surface area contributed by atoms with Crippen molar-refractivity contribution in [1.29, 1.82) is 0 Å². The van der Waals surface area contributed by atoms with Crippen LogP contribution in [0.3, 0.4) is 0 Å². The number of benzene rings is 2. The van der Waals surface area contributed by atoms with Gasteiger partial charge in [0.25, 0.3) is 5.91 Å². The van der Waals surface area contributed by atoms with Crippen LogP contribution in [0.4, 0.5) is 0 Å². The second-order valence-corrected chi connectivity index (χ2v) is 9.93. The number of nitrogens with one attached hydrogen (secondary N) is 1. The van der Waals surface area contributed by atoms with E-state index in [1.54, 1.807) is 23.0 Å². The summed E-state index contributed by atoms with van der Waals surface area (Å²) in [5, 5.41) is 3.87. The van der Waals surface area contributed by atoms with Crippen molar-refractivity contribution in [1.82, 2.24) is 14.8 Å². The topological polar surface area (TPSA) is 86.6 Å². The van der Waals surface area contributed by atoms with Gasteiger partial charge in [0.2, 0.25) is 5.43 Å². The molecule has 1 aromatic heterocycles. The van der Waals surface area contributed by atoms with Crippen LogP contribution in [0.1, 0.15) is 21.5 Å². The summed E-state index contributed by atoms with van der Waals surface area (Å²) < 4.78 is 19.1. The van der Waals surface area contributed by atoms with E-state index >= 15 is 0 Å². The molecule has 3 aromatic rings. The van der Waals surface area contributed by atoms with Gasteiger partial charge in [0.05, 0.1) is 25.0 Å². The molecule has 0 aliphatic carbocycles. The molecule has 0 bridgehead atoms. The van der Waals surface area contributed by atoms with Crippen LogP contribution >= 0.6 is 11.6 Å². The van der Waals surface area contributed by atoms with Crippen LogP contribution in [0.2, 0.25) is 5.02 Å². The molecule has 0 radical (unpaired) electrons. The number of rotatable bonds is 7. The fourth-order valence-corrected chi connectivity index (χ4v) is 4.64. The molecule has 0 spiro atoms. The molecule has 0 saturated carbocycles. The van der Waals surface area contributed by atoms with Gasteiger partial charge in [-0.3, -0.25) is 14.5 Å². The smallest absolute Gasteiger partial charge is 0.257 e. The molecule has 1 saturated heterocycles. The highest BCUT2D eigenvalue weighted by atomic mass is 35.5. The number of amides is 1. The molecular formula is C24H26ClN3O4S. The summed E-state index contributed by atoms with van der Waals surface area (Å²) in [6.07, 6.45) is 3.10. The van der Waals surface area contributed by atoms with Crippen LogP contribution in [0.25, 0.3) is 10.9 Å². The predicted octanol–water partition coefficient (Wildman–Crippen LogP) is 2.75. The van der Waals surface area contributed by atoms with Crippen LogP contribution in [0.15, 0.2) is 53.5 Å². The number of carbonyl (C=O) groups is 1. The zero-order valence-electron chi connectivity index (χ0n) is 18.4. The summed E-state index contributed by atoms with van der Waals surface area (Å²) in [6, 6.07) is 12.8. The van der Waals surface area contributed by atoms with E-state index in [2.05, 4.69) is 10.2 Å². The first-order valence-corrected chi connectivity index (χ1v) is 12.8. The van der Waals surface area contributed by atoms with Crippen molar-refractivity contribution < 1.29 is 14.1 Å². The molecule has 2 heterocycles. The average Bonchev–Trinajstić information content (AvgIpc) is 2.81. The van der Waals surface area contributed by atoms with E-state index in [0.29, 0.717) is 35.7 Å². The highest BCUT2D eigenvalue weighted by Gasteiger charge is 2.18. The van der Waals surface area contributed by atoms with Crippen molar-refractivity contribution in [3.63, 3.8) is 0 Å². The van der Waals surface area contributed by atoms with E-state index in [4.69, 9.17) is 16.3 Å². The molecule has 2 aromatic carbocycles. The molecule has 33 heavy (non-hydrogen) atoms.